The largest absolute Gasteiger partial charge is 0.207 e. The van der Waals surface area contributed by atoms with Gasteiger partial charge in [-0.25, -0.2) is 4.39 Å². The Morgan fingerprint density at radius 1 is 1.31 bits per heavy atom. The van der Waals surface area contributed by atoms with Gasteiger partial charge in [-0.05, 0) is 17.7 Å². The van der Waals surface area contributed by atoms with Crippen LogP contribution in [0.15, 0.2) is 24.3 Å². The Hall–Kier alpha value is 0.110. The highest BCUT2D eigenvalue weighted by Gasteiger charge is 2.24. The fourth-order valence-corrected chi connectivity index (χ4v) is 2.63. The number of hydrogen-bond acceptors (Lipinski definition) is 0. The van der Waals surface area contributed by atoms with Gasteiger partial charge in [0.15, 0.2) is 0 Å². The normalized spacial score (nSPS) is 11.7. The van der Waals surface area contributed by atoms with Crippen LogP contribution in [0.2, 0.25) is 0 Å². The quantitative estimate of drug-likeness (QED) is 0.744. The van der Waals surface area contributed by atoms with Crippen LogP contribution in [0.3, 0.4) is 0 Å². The first-order valence-corrected chi connectivity index (χ1v) is 6.24. The van der Waals surface area contributed by atoms with Crippen molar-refractivity contribution >= 4 is 31.9 Å². The summed E-state index contributed by atoms with van der Waals surface area (Å²) in [7, 11) is 0. The molecule has 0 saturated heterocycles. The van der Waals surface area contributed by atoms with Gasteiger partial charge in [0, 0.05) is 16.1 Å². The Bertz CT molecular complexity index is 282. The predicted octanol–water partition coefficient (Wildman–Crippen LogP) is 3.87. The molecule has 0 saturated carbocycles. The molecule has 1 aromatic rings. The number of halogens is 3. The van der Waals surface area contributed by atoms with Crippen molar-refractivity contribution < 1.29 is 4.39 Å². The number of rotatable bonds is 3. The molecule has 1 aromatic carbocycles. The number of alkyl halides is 2. The first-order chi connectivity index (χ1) is 6.12. The Labute approximate surface area is 94.8 Å². The Morgan fingerprint density at radius 3 is 2.38 bits per heavy atom. The van der Waals surface area contributed by atoms with Gasteiger partial charge in [0.25, 0.3) is 0 Å². The van der Waals surface area contributed by atoms with E-state index in [2.05, 4.69) is 38.8 Å². The molecule has 0 unspecified atom stereocenters. The van der Waals surface area contributed by atoms with Crippen molar-refractivity contribution in [1.82, 2.24) is 0 Å². The summed E-state index contributed by atoms with van der Waals surface area (Å²) in [6.07, 6.45) is 0. The zero-order valence-electron chi connectivity index (χ0n) is 7.36. The molecule has 1 rings (SSSR count). The van der Waals surface area contributed by atoms with Crippen LogP contribution in [-0.4, -0.2) is 10.7 Å². The summed E-state index contributed by atoms with van der Waals surface area (Å²) in [5, 5.41) is 1.63. The van der Waals surface area contributed by atoms with Crippen molar-refractivity contribution in [1.29, 1.82) is 0 Å². The molecule has 0 radical (unpaired) electrons. The predicted molar refractivity (Wildman–Crippen MR) is 61.3 cm³/mol. The molecule has 0 aliphatic heterocycles. The van der Waals surface area contributed by atoms with Gasteiger partial charge in [0.1, 0.15) is 5.82 Å². The lowest BCUT2D eigenvalue weighted by Crippen LogP contribution is -2.25. The molecule has 0 aliphatic rings. The average Bonchev–Trinajstić information content (AvgIpc) is 2.17. The van der Waals surface area contributed by atoms with Gasteiger partial charge < -0.3 is 0 Å². The highest BCUT2D eigenvalue weighted by molar-refractivity contribution is 9.09. The van der Waals surface area contributed by atoms with Gasteiger partial charge in [-0.2, -0.15) is 0 Å². The Kier molecular flexibility index (Phi) is 3.92. The maximum atomic E-state index is 12.9. The van der Waals surface area contributed by atoms with Crippen LogP contribution >= 0.6 is 31.9 Å². The Morgan fingerprint density at radius 2 is 1.92 bits per heavy atom. The molecule has 0 fully saturated rings. The molecule has 0 spiro atoms. The third kappa shape index (κ3) is 2.53. The smallest absolute Gasteiger partial charge is 0.123 e. The minimum Gasteiger partial charge on any atom is -0.207 e. The lowest BCUT2D eigenvalue weighted by Gasteiger charge is -2.25. The standard InChI is InChI=1S/C10H11Br2F/c1-10(6-11,7-12)8-3-2-4-9(13)5-8/h2-5H,6-7H2,1H3. The molecule has 0 amide bonds. The van der Waals surface area contributed by atoms with E-state index in [4.69, 9.17) is 0 Å². The molecular formula is C10H11Br2F. The van der Waals surface area contributed by atoms with Crippen LogP contribution in [0.5, 0.6) is 0 Å². The van der Waals surface area contributed by atoms with Gasteiger partial charge in [0.05, 0.1) is 0 Å². The molecule has 13 heavy (non-hydrogen) atoms. The second-order valence-electron chi connectivity index (χ2n) is 3.34. The van der Waals surface area contributed by atoms with Crippen LogP contribution in [0.1, 0.15) is 12.5 Å². The monoisotopic (exact) mass is 308 g/mol. The molecule has 0 bridgehead atoms. The van der Waals surface area contributed by atoms with Gasteiger partial charge in [-0.3, -0.25) is 0 Å². The maximum Gasteiger partial charge on any atom is 0.123 e. The zero-order valence-corrected chi connectivity index (χ0v) is 10.5. The lowest BCUT2D eigenvalue weighted by molar-refractivity contribution is 0.593. The molecule has 3 heteroatoms. The average molecular weight is 310 g/mol. The summed E-state index contributed by atoms with van der Waals surface area (Å²) >= 11 is 6.88. The fraction of sp³-hybridized carbons (Fsp3) is 0.400. The van der Waals surface area contributed by atoms with Crippen LogP contribution in [0.25, 0.3) is 0 Å². The summed E-state index contributed by atoms with van der Waals surface area (Å²) in [5.74, 6) is -0.175. The zero-order chi connectivity index (χ0) is 9.90. The van der Waals surface area contributed by atoms with E-state index in [1.165, 1.54) is 6.07 Å². The first-order valence-electron chi connectivity index (χ1n) is 4.00. The third-order valence-electron chi connectivity index (χ3n) is 2.11. The van der Waals surface area contributed by atoms with Crippen LogP contribution in [0.4, 0.5) is 4.39 Å². The van der Waals surface area contributed by atoms with E-state index in [0.29, 0.717) is 0 Å². The van der Waals surface area contributed by atoms with Crippen LogP contribution in [0, 0.1) is 5.82 Å². The molecule has 0 atom stereocenters. The Balaban J connectivity index is 3.05. The fourth-order valence-electron chi connectivity index (χ4n) is 1.05. The summed E-state index contributed by atoms with van der Waals surface area (Å²) in [4.78, 5) is 0. The third-order valence-corrected chi connectivity index (χ3v) is 4.59. The van der Waals surface area contributed by atoms with E-state index in [1.807, 2.05) is 6.07 Å². The van der Waals surface area contributed by atoms with E-state index >= 15 is 0 Å². The summed E-state index contributed by atoms with van der Waals surface area (Å²) in [6, 6.07) is 6.74. The molecule has 0 aliphatic carbocycles. The van der Waals surface area contributed by atoms with Crippen molar-refractivity contribution in [3.8, 4) is 0 Å². The van der Waals surface area contributed by atoms with Gasteiger partial charge in [-0.1, -0.05) is 50.9 Å². The second kappa shape index (κ2) is 4.56. The summed E-state index contributed by atoms with van der Waals surface area (Å²) < 4.78 is 12.9. The molecular weight excluding hydrogens is 299 g/mol. The van der Waals surface area contributed by atoms with Crippen LogP contribution < -0.4 is 0 Å². The molecule has 0 heterocycles. The SMILES string of the molecule is CC(CBr)(CBr)c1cccc(F)c1. The minimum absolute atomic E-state index is 0.0396. The van der Waals surface area contributed by atoms with E-state index in [1.54, 1.807) is 12.1 Å². The van der Waals surface area contributed by atoms with Gasteiger partial charge in [-0.15, -0.1) is 0 Å². The van der Waals surface area contributed by atoms with Crippen molar-refractivity contribution in [3.63, 3.8) is 0 Å². The van der Waals surface area contributed by atoms with Crippen molar-refractivity contribution in [2.75, 3.05) is 10.7 Å². The molecule has 0 N–H and O–H groups in total. The minimum atomic E-state index is -0.175. The molecule has 72 valence electrons. The van der Waals surface area contributed by atoms with E-state index < -0.39 is 0 Å². The highest BCUT2D eigenvalue weighted by Crippen LogP contribution is 2.28. The summed E-state index contributed by atoms with van der Waals surface area (Å²) in [6.45, 7) is 2.09. The first kappa shape index (κ1) is 11.2. The molecule has 0 aromatic heterocycles. The summed E-state index contributed by atoms with van der Waals surface area (Å²) in [5.41, 5.74) is 0.975. The van der Waals surface area contributed by atoms with Crippen molar-refractivity contribution in [2.24, 2.45) is 0 Å². The van der Waals surface area contributed by atoms with E-state index in [-0.39, 0.29) is 11.2 Å². The van der Waals surface area contributed by atoms with Gasteiger partial charge in [0.2, 0.25) is 0 Å². The number of hydrogen-bond donors (Lipinski definition) is 0. The van der Waals surface area contributed by atoms with E-state index in [9.17, 15) is 4.39 Å². The maximum absolute atomic E-state index is 12.9. The van der Waals surface area contributed by atoms with Crippen LogP contribution in [-0.2, 0) is 5.41 Å². The van der Waals surface area contributed by atoms with Crippen molar-refractivity contribution in [3.05, 3.63) is 35.6 Å². The topological polar surface area (TPSA) is 0 Å². The number of benzene rings is 1. The second-order valence-corrected chi connectivity index (χ2v) is 4.46. The van der Waals surface area contributed by atoms with Gasteiger partial charge >= 0.3 is 0 Å². The lowest BCUT2D eigenvalue weighted by atomic mass is 9.87. The highest BCUT2D eigenvalue weighted by atomic mass is 79.9. The van der Waals surface area contributed by atoms with Crippen molar-refractivity contribution in [2.45, 2.75) is 12.3 Å². The van der Waals surface area contributed by atoms with E-state index in [0.717, 1.165) is 16.2 Å². The molecule has 0 nitrogen and oxygen atoms in total.